The van der Waals surface area contributed by atoms with Crippen LogP contribution in [-0.2, 0) is 11.2 Å². The second-order valence-corrected chi connectivity index (χ2v) is 5.31. The Kier molecular flexibility index (Phi) is 6.22. The average Bonchev–Trinajstić information content (AvgIpc) is 2.86. The van der Waals surface area contributed by atoms with E-state index in [0.29, 0.717) is 12.5 Å². The Morgan fingerprint density at radius 1 is 1.32 bits per heavy atom. The molecule has 0 saturated carbocycles. The lowest BCUT2D eigenvalue weighted by atomic mass is 9.94. The third kappa shape index (κ3) is 4.16. The van der Waals surface area contributed by atoms with E-state index in [1.807, 2.05) is 23.9 Å². The first kappa shape index (κ1) is 15.9. The van der Waals surface area contributed by atoms with Crippen molar-refractivity contribution in [3.8, 4) is 0 Å². The Morgan fingerprint density at radius 2 is 1.95 bits per heavy atom. The van der Waals surface area contributed by atoms with Gasteiger partial charge in [-0.3, -0.25) is 9.48 Å². The van der Waals surface area contributed by atoms with Gasteiger partial charge in [0.1, 0.15) is 0 Å². The third-order valence-electron chi connectivity index (χ3n) is 3.96. The molecule has 19 heavy (non-hydrogen) atoms. The molecule has 0 aliphatic rings. The number of carbonyl (C=O) groups is 1. The van der Waals surface area contributed by atoms with Crippen LogP contribution in [0.1, 0.15) is 58.7 Å². The molecule has 0 radical (unpaired) electrons. The lowest BCUT2D eigenvalue weighted by Crippen LogP contribution is -2.37. The predicted octanol–water partition coefficient (Wildman–Crippen LogP) is 2.73. The smallest absolute Gasteiger partial charge is 0.155 e. The molecule has 1 aromatic heterocycles. The van der Waals surface area contributed by atoms with Gasteiger partial charge in [-0.2, -0.15) is 5.10 Å². The molecule has 0 amide bonds. The van der Waals surface area contributed by atoms with Crippen molar-refractivity contribution in [2.45, 2.75) is 65.5 Å². The maximum absolute atomic E-state index is 12.1. The first-order valence-corrected chi connectivity index (χ1v) is 7.35. The van der Waals surface area contributed by atoms with Crippen molar-refractivity contribution < 1.29 is 4.79 Å². The highest BCUT2D eigenvalue weighted by Gasteiger charge is 2.20. The van der Waals surface area contributed by atoms with Gasteiger partial charge in [-0.1, -0.05) is 34.1 Å². The third-order valence-corrected chi connectivity index (χ3v) is 3.96. The van der Waals surface area contributed by atoms with Crippen LogP contribution >= 0.6 is 0 Å². The number of nitrogens with zero attached hydrogens (tertiary/aromatic N) is 2. The molecule has 0 spiro atoms. The highest BCUT2D eigenvalue weighted by molar-refractivity contribution is 5.85. The summed E-state index contributed by atoms with van der Waals surface area (Å²) in [5.41, 5.74) is 6.78. The number of ketones is 1. The SMILES string of the molecule is CCC(C)C(N)C(=O)Cc1ccn(C(CC)CC)n1. The van der Waals surface area contributed by atoms with E-state index >= 15 is 0 Å². The van der Waals surface area contributed by atoms with E-state index in [4.69, 9.17) is 5.73 Å². The summed E-state index contributed by atoms with van der Waals surface area (Å²) in [7, 11) is 0. The molecule has 0 aliphatic heterocycles. The summed E-state index contributed by atoms with van der Waals surface area (Å²) < 4.78 is 1.97. The molecule has 1 rings (SSSR count). The quantitative estimate of drug-likeness (QED) is 0.786. The van der Waals surface area contributed by atoms with Gasteiger partial charge in [0.2, 0.25) is 0 Å². The molecule has 2 unspecified atom stereocenters. The lowest BCUT2D eigenvalue weighted by Gasteiger charge is -2.16. The van der Waals surface area contributed by atoms with Crippen LogP contribution in [0.15, 0.2) is 12.3 Å². The maximum atomic E-state index is 12.1. The number of nitrogens with two attached hydrogens (primary N) is 1. The van der Waals surface area contributed by atoms with Crippen LogP contribution in [0.5, 0.6) is 0 Å². The van der Waals surface area contributed by atoms with Crippen LogP contribution < -0.4 is 5.73 Å². The fourth-order valence-electron chi connectivity index (χ4n) is 2.21. The van der Waals surface area contributed by atoms with Gasteiger partial charge in [0.25, 0.3) is 0 Å². The standard InChI is InChI=1S/C15H27N3O/c1-5-11(4)15(16)14(19)10-12-8-9-18(17-12)13(6-2)7-3/h8-9,11,13,15H,5-7,10,16H2,1-4H3. The van der Waals surface area contributed by atoms with Crippen molar-refractivity contribution in [2.24, 2.45) is 11.7 Å². The molecular formula is C15H27N3O. The first-order chi connectivity index (χ1) is 9.03. The summed E-state index contributed by atoms with van der Waals surface area (Å²) in [6.45, 7) is 8.38. The van der Waals surface area contributed by atoms with Gasteiger partial charge in [-0.15, -0.1) is 0 Å². The molecule has 0 bridgehead atoms. The van der Waals surface area contributed by atoms with Crippen molar-refractivity contribution >= 4 is 5.78 Å². The number of aromatic nitrogens is 2. The zero-order valence-corrected chi connectivity index (χ0v) is 12.6. The fourth-order valence-corrected chi connectivity index (χ4v) is 2.21. The Labute approximate surface area is 116 Å². The summed E-state index contributed by atoms with van der Waals surface area (Å²) in [4.78, 5) is 12.1. The summed E-state index contributed by atoms with van der Waals surface area (Å²) in [6, 6.07) is 1.98. The van der Waals surface area contributed by atoms with Crippen LogP contribution in [0.4, 0.5) is 0 Å². The predicted molar refractivity (Wildman–Crippen MR) is 78.0 cm³/mol. The van der Waals surface area contributed by atoms with Crippen LogP contribution in [0.2, 0.25) is 0 Å². The van der Waals surface area contributed by atoms with Gasteiger partial charge in [0.05, 0.1) is 24.2 Å². The van der Waals surface area contributed by atoms with E-state index in [0.717, 1.165) is 25.0 Å². The molecular weight excluding hydrogens is 238 g/mol. The van der Waals surface area contributed by atoms with Gasteiger partial charge in [0, 0.05) is 6.20 Å². The molecule has 0 aliphatic carbocycles. The summed E-state index contributed by atoms with van der Waals surface area (Å²) in [6.07, 6.45) is 5.35. The number of rotatable bonds is 8. The average molecular weight is 265 g/mol. The van der Waals surface area contributed by atoms with E-state index in [-0.39, 0.29) is 17.7 Å². The molecule has 1 aromatic rings. The van der Waals surface area contributed by atoms with Crippen molar-refractivity contribution in [3.63, 3.8) is 0 Å². The zero-order chi connectivity index (χ0) is 14.4. The Morgan fingerprint density at radius 3 is 2.47 bits per heavy atom. The summed E-state index contributed by atoms with van der Waals surface area (Å²) >= 11 is 0. The van der Waals surface area contributed by atoms with Crippen molar-refractivity contribution in [3.05, 3.63) is 18.0 Å². The van der Waals surface area contributed by atoms with Crippen LogP contribution in [-0.4, -0.2) is 21.6 Å². The largest absolute Gasteiger partial charge is 0.321 e. The van der Waals surface area contributed by atoms with Gasteiger partial charge in [-0.25, -0.2) is 0 Å². The molecule has 0 aromatic carbocycles. The minimum Gasteiger partial charge on any atom is -0.321 e. The van der Waals surface area contributed by atoms with Crippen LogP contribution in [0, 0.1) is 5.92 Å². The number of Topliss-reactive ketones (excluding diaryl/α,β-unsaturated/α-hetero) is 1. The second kappa shape index (κ2) is 7.43. The highest BCUT2D eigenvalue weighted by Crippen LogP contribution is 2.15. The Bertz CT molecular complexity index is 396. The Hall–Kier alpha value is -1.16. The minimum absolute atomic E-state index is 0.0872. The monoisotopic (exact) mass is 265 g/mol. The van der Waals surface area contributed by atoms with Gasteiger partial charge >= 0.3 is 0 Å². The van der Waals surface area contributed by atoms with Gasteiger partial charge in [-0.05, 0) is 24.8 Å². The van der Waals surface area contributed by atoms with Crippen LogP contribution in [0.3, 0.4) is 0 Å². The van der Waals surface area contributed by atoms with Crippen molar-refractivity contribution in [1.29, 1.82) is 0 Å². The number of hydrogen-bond donors (Lipinski definition) is 1. The summed E-state index contributed by atoms with van der Waals surface area (Å²) in [5, 5.41) is 4.50. The van der Waals surface area contributed by atoms with E-state index in [2.05, 4.69) is 25.9 Å². The molecule has 108 valence electrons. The van der Waals surface area contributed by atoms with Crippen molar-refractivity contribution in [1.82, 2.24) is 9.78 Å². The number of carbonyl (C=O) groups excluding carboxylic acids is 1. The van der Waals surface area contributed by atoms with E-state index in [1.165, 1.54) is 0 Å². The molecule has 1 heterocycles. The number of hydrogen-bond acceptors (Lipinski definition) is 3. The normalized spacial score (nSPS) is 14.6. The van der Waals surface area contributed by atoms with Crippen LogP contribution in [0.25, 0.3) is 0 Å². The van der Waals surface area contributed by atoms with E-state index in [1.54, 1.807) is 0 Å². The molecule has 0 saturated heterocycles. The fraction of sp³-hybridized carbons (Fsp3) is 0.733. The first-order valence-electron chi connectivity index (χ1n) is 7.35. The topological polar surface area (TPSA) is 60.9 Å². The Balaban J connectivity index is 2.65. The van der Waals surface area contributed by atoms with E-state index < -0.39 is 0 Å². The maximum Gasteiger partial charge on any atom is 0.155 e. The molecule has 2 atom stereocenters. The zero-order valence-electron chi connectivity index (χ0n) is 12.6. The van der Waals surface area contributed by atoms with Gasteiger partial charge < -0.3 is 5.73 Å². The van der Waals surface area contributed by atoms with Crippen molar-refractivity contribution in [2.75, 3.05) is 0 Å². The van der Waals surface area contributed by atoms with Gasteiger partial charge in [0.15, 0.2) is 5.78 Å². The van der Waals surface area contributed by atoms with E-state index in [9.17, 15) is 4.79 Å². The summed E-state index contributed by atoms with van der Waals surface area (Å²) in [5.74, 6) is 0.317. The minimum atomic E-state index is -0.372. The molecule has 4 heteroatoms. The second-order valence-electron chi connectivity index (χ2n) is 5.31. The molecule has 4 nitrogen and oxygen atoms in total. The molecule has 0 fully saturated rings. The lowest BCUT2D eigenvalue weighted by molar-refractivity contribution is -0.120. The molecule has 2 N–H and O–H groups in total. The highest BCUT2D eigenvalue weighted by atomic mass is 16.1.